The molecule has 0 saturated heterocycles. The molecule has 0 aliphatic heterocycles. The zero-order chi connectivity index (χ0) is 22.7. The summed E-state index contributed by atoms with van der Waals surface area (Å²) in [6.07, 6.45) is 0. The lowest BCUT2D eigenvalue weighted by molar-refractivity contribution is 0.0732. The quantitative estimate of drug-likeness (QED) is 0.0674. The van der Waals surface area contributed by atoms with E-state index < -0.39 is 0 Å². The fourth-order valence-electron chi connectivity index (χ4n) is 3.16. The molecule has 0 N–H and O–H groups in total. The Morgan fingerprint density at radius 1 is 0.688 bits per heavy atom. The first-order valence-electron chi connectivity index (χ1n) is 9.76. The zero-order valence-electron chi connectivity index (χ0n) is 17.0. The Morgan fingerprint density at radius 3 is 1.84 bits per heavy atom. The van der Waals surface area contributed by atoms with Gasteiger partial charge in [0.1, 0.15) is 5.75 Å². The van der Waals surface area contributed by atoms with Gasteiger partial charge in [-0.1, -0.05) is 35.9 Å². The lowest BCUT2D eigenvalue weighted by atomic mass is 10.2. The van der Waals surface area contributed by atoms with Gasteiger partial charge in [0.2, 0.25) is 0 Å². The van der Waals surface area contributed by atoms with Crippen LogP contribution in [0.2, 0.25) is 0 Å². The number of benzene rings is 4. The lowest BCUT2D eigenvalue weighted by Gasteiger charge is -2.11. The van der Waals surface area contributed by atoms with Crippen molar-refractivity contribution < 1.29 is 9.53 Å². The lowest BCUT2D eigenvalue weighted by Crippen LogP contribution is -2.13. The smallest absolute Gasteiger partial charge is 0.345 e. The van der Waals surface area contributed by atoms with E-state index in [0.29, 0.717) is 11.3 Å². The first-order valence-corrected chi connectivity index (χ1v) is 14.2. The summed E-state index contributed by atoms with van der Waals surface area (Å²) in [5, 5.41) is 0. The van der Waals surface area contributed by atoms with Crippen LogP contribution in [0.3, 0.4) is 0 Å². The molecular formula is C26H18I3O2S+. The molecule has 0 aliphatic carbocycles. The van der Waals surface area contributed by atoms with Crippen LogP contribution in [-0.4, -0.2) is 5.97 Å². The molecule has 0 radical (unpaired) electrons. The second-order valence-electron chi connectivity index (χ2n) is 7.01. The van der Waals surface area contributed by atoms with Gasteiger partial charge in [0, 0.05) is 10.7 Å². The second-order valence-corrected chi connectivity index (χ2v) is 12.4. The minimum atomic E-state index is -0.328. The third-order valence-corrected chi connectivity index (χ3v) is 10.9. The number of hydrogen-bond acceptors (Lipinski definition) is 2. The molecule has 0 aromatic heterocycles. The van der Waals surface area contributed by atoms with Crippen molar-refractivity contribution in [3.63, 3.8) is 0 Å². The summed E-state index contributed by atoms with van der Waals surface area (Å²) in [7, 11) is -0.234. The van der Waals surface area contributed by atoms with Crippen LogP contribution < -0.4 is 4.74 Å². The van der Waals surface area contributed by atoms with Crippen molar-refractivity contribution >= 4 is 84.6 Å². The topological polar surface area (TPSA) is 26.3 Å². The van der Waals surface area contributed by atoms with Crippen molar-refractivity contribution in [3.8, 4) is 5.75 Å². The van der Waals surface area contributed by atoms with E-state index in [2.05, 4.69) is 135 Å². The molecule has 1 atom stereocenters. The van der Waals surface area contributed by atoms with Gasteiger partial charge in [0.05, 0.1) is 16.5 Å². The Labute approximate surface area is 231 Å². The maximum absolute atomic E-state index is 12.9. The van der Waals surface area contributed by atoms with E-state index in [1.54, 1.807) is 0 Å². The fourth-order valence-corrected chi connectivity index (χ4v) is 7.54. The highest BCUT2D eigenvalue weighted by molar-refractivity contribution is 14.1. The van der Waals surface area contributed by atoms with Crippen molar-refractivity contribution in [2.45, 2.75) is 21.6 Å². The van der Waals surface area contributed by atoms with Crippen molar-refractivity contribution in [2.75, 3.05) is 0 Å². The van der Waals surface area contributed by atoms with Crippen LogP contribution in [0.5, 0.6) is 5.75 Å². The molecule has 160 valence electrons. The molecule has 6 heteroatoms. The number of hydrogen-bond donors (Lipinski definition) is 0. The standard InChI is InChI=1S/C26H18I3O2S/c1-17-7-11-20(12-8-17)32(19-5-3-2-4-6-19)21-13-9-18(10-14-21)31-26(30)24-22(27)15-16-23(28)25(24)29/h2-16H,1H3/q+1. The normalized spacial score (nSPS) is 11.8. The highest BCUT2D eigenvalue weighted by Crippen LogP contribution is 2.32. The monoisotopic (exact) mass is 775 g/mol. The number of ether oxygens (including phenoxy) is 1. The molecule has 0 heterocycles. The summed E-state index contributed by atoms with van der Waals surface area (Å²) < 4.78 is 8.57. The van der Waals surface area contributed by atoms with Gasteiger partial charge >= 0.3 is 5.97 Å². The molecule has 4 rings (SSSR count). The van der Waals surface area contributed by atoms with E-state index >= 15 is 0 Å². The third-order valence-electron chi connectivity index (χ3n) is 4.75. The number of aryl methyl sites for hydroxylation is 1. The summed E-state index contributed by atoms with van der Waals surface area (Å²) >= 11 is 6.63. The average molecular weight is 775 g/mol. The molecule has 0 saturated carbocycles. The van der Waals surface area contributed by atoms with Gasteiger partial charge in [-0.2, -0.15) is 0 Å². The van der Waals surface area contributed by atoms with Crippen LogP contribution in [0.1, 0.15) is 15.9 Å². The Bertz CT molecular complexity index is 1240. The van der Waals surface area contributed by atoms with Crippen LogP contribution in [-0.2, 0) is 10.9 Å². The Kier molecular flexibility index (Phi) is 8.17. The molecule has 1 unspecified atom stereocenters. The van der Waals surface area contributed by atoms with Gasteiger partial charge in [-0.15, -0.1) is 0 Å². The first-order chi connectivity index (χ1) is 15.4. The summed E-state index contributed by atoms with van der Waals surface area (Å²) in [4.78, 5) is 16.6. The SMILES string of the molecule is Cc1ccc([S+](c2ccccc2)c2ccc(OC(=O)c3c(I)ccc(I)c3I)cc2)cc1. The van der Waals surface area contributed by atoms with Crippen LogP contribution in [0.15, 0.2) is 106 Å². The van der Waals surface area contributed by atoms with Crippen molar-refractivity contribution in [1.29, 1.82) is 0 Å². The molecule has 0 spiro atoms. The maximum Gasteiger partial charge on any atom is 0.345 e. The van der Waals surface area contributed by atoms with Gasteiger partial charge in [-0.05, 0) is 135 Å². The van der Waals surface area contributed by atoms with Gasteiger partial charge < -0.3 is 4.74 Å². The average Bonchev–Trinajstić information content (AvgIpc) is 2.80. The largest absolute Gasteiger partial charge is 0.423 e. The number of carbonyl (C=O) groups excluding carboxylic acids is 1. The summed E-state index contributed by atoms with van der Waals surface area (Å²) in [5.41, 5.74) is 1.86. The van der Waals surface area contributed by atoms with Gasteiger partial charge in [-0.3, -0.25) is 0 Å². The molecule has 2 nitrogen and oxygen atoms in total. The van der Waals surface area contributed by atoms with E-state index in [1.165, 1.54) is 20.2 Å². The van der Waals surface area contributed by atoms with Crippen LogP contribution in [0.4, 0.5) is 0 Å². The van der Waals surface area contributed by atoms with Gasteiger partial charge in [0.25, 0.3) is 0 Å². The molecule has 0 bridgehead atoms. The molecule has 32 heavy (non-hydrogen) atoms. The minimum absolute atomic E-state index is 0.234. The van der Waals surface area contributed by atoms with Crippen molar-refractivity contribution in [3.05, 3.63) is 113 Å². The summed E-state index contributed by atoms with van der Waals surface area (Å²) in [6, 6.07) is 31.0. The van der Waals surface area contributed by atoms with Crippen LogP contribution >= 0.6 is 67.8 Å². The Hall–Kier alpha value is -1.11. The molecule has 0 fully saturated rings. The Balaban J connectivity index is 1.63. The van der Waals surface area contributed by atoms with E-state index in [0.717, 1.165) is 10.7 Å². The second kappa shape index (κ2) is 10.9. The number of carbonyl (C=O) groups is 1. The summed E-state index contributed by atoms with van der Waals surface area (Å²) in [6.45, 7) is 2.10. The van der Waals surface area contributed by atoms with Crippen LogP contribution in [0, 0.1) is 17.6 Å². The number of esters is 1. The van der Waals surface area contributed by atoms with E-state index in [-0.39, 0.29) is 16.9 Å². The highest BCUT2D eigenvalue weighted by Gasteiger charge is 2.28. The predicted octanol–water partition coefficient (Wildman–Crippen LogP) is 8.12. The maximum atomic E-state index is 12.9. The van der Waals surface area contributed by atoms with E-state index in [4.69, 9.17) is 4.74 Å². The first kappa shape index (κ1) is 24.0. The minimum Gasteiger partial charge on any atom is -0.423 e. The molecular weight excluding hydrogens is 757 g/mol. The van der Waals surface area contributed by atoms with E-state index in [9.17, 15) is 4.79 Å². The van der Waals surface area contributed by atoms with Crippen molar-refractivity contribution in [2.24, 2.45) is 0 Å². The fraction of sp³-hybridized carbons (Fsp3) is 0.0385. The van der Waals surface area contributed by atoms with Gasteiger partial charge in [-0.25, -0.2) is 4.79 Å². The molecule has 4 aromatic rings. The molecule has 0 amide bonds. The van der Waals surface area contributed by atoms with Crippen LogP contribution in [0.25, 0.3) is 0 Å². The van der Waals surface area contributed by atoms with E-state index in [1.807, 2.05) is 30.3 Å². The zero-order valence-corrected chi connectivity index (χ0v) is 24.3. The Morgan fingerprint density at radius 2 is 1.22 bits per heavy atom. The number of rotatable bonds is 5. The van der Waals surface area contributed by atoms with Crippen molar-refractivity contribution in [1.82, 2.24) is 0 Å². The summed E-state index contributed by atoms with van der Waals surface area (Å²) in [5.74, 6) is 0.218. The molecule has 4 aromatic carbocycles. The van der Waals surface area contributed by atoms with Gasteiger partial charge in [0.15, 0.2) is 14.7 Å². The number of halogens is 3. The predicted molar refractivity (Wildman–Crippen MR) is 156 cm³/mol. The highest BCUT2D eigenvalue weighted by atomic mass is 127. The molecule has 0 aliphatic rings. The third kappa shape index (κ3) is 5.51.